The van der Waals surface area contributed by atoms with E-state index in [-0.39, 0.29) is 11.2 Å². The van der Waals surface area contributed by atoms with Gasteiger partial charge in [-0.3, -0.25) is 0 Å². The smallest absolute Gasteiger partial charge is 0.123 e. The van der Waals surface area contributed by atoms with Crippen molar-refractivity contribution in [3.05, 3.63) is 50.1 Å². The van der Waals surface area contributed by atoms with Gasteiger partial charge >= 0.3 is 0 Å². The van der Waals surface area contributed by atoms with Gasteiger partial charge in [0.1, 0.15) is 5.82 Å². The number of benzene rings is 1. The quantitative estimate of drug-likeness (QED) is 0.863. The molecular formula is C15H18BrFN2S. The minimum Gasteiger partial charge on any atom is -0.307 e. The van der Waals surface area contributed by atoms with Gasteiger partial charge in [-0.05, 0) is 23.8 Å². The first-order chi connectivity index (χ1) is 9.36. The van der Waals surface area contributed by atoms with E-state index in [0.717, 1.165) is 20.7 Å². The van der Waals surface area contributed by atoms with Crippen molar-refractivity contribution in [3.8, 4) is 0 Å². The van der Waals surface area contributed by atoms with Crippen LogP contribution in [0.1, 0.15) is 37.0 Å². The maximum absolute atomic E-state index is 13.2. The molecular weight excluding hydrogens is 339 g/mol. The lowest BCUT2D eigenvalue weighted by molar-refractivity contribution is 0.579. The van der Waals surface area contributed by atoms with Gasteiger partial charge in [0.25, 0.3) is 0 Å². The van der Waals surface area contributed by atoms with Crippen LogP contribution in [-0.2, 0) is 18.5 Å². The zero-order valence-corrected chi connectivity index (χ0v) is 14.2. The molecule has 2 rings (SSSR count). The fourth-order valence-electron chi connectivity index (χ4n) is 1.74. The predicted octanol–water partition coefficient (Wildman–Crippen LogP) is 4.63. The summed E-state index contributed by atoms with van der Waals surface area (Å²) in [5, 5.41) is 6.52. The summed E-state index contributed by atoms with van der Waals surface area (Å²) >= 11 is 5.11. The van der Waals surface area contributed by atoms with Gasteiger partial charge in [-0.2, -0.15) is 0 Å². The van der Waals surface area contributed by atoms with Crippen molar-refractivity contribution in [1.29, 1.82) is 0 Å². The Bertz CT molecular complexity index is 590. The average Bonchev–Trinajstić information content (AvgIpc) is 2.82. The second-order valence-electron chi connectivity index (χ2n) is 5.73. The third-order valence-electron chi connectivity index (χ3n) is 2.82. The Morgan fingerprint density at radius 3 is 2.70 bits per heavy atom. The highest BCUT2D eigenvalue weighted by atomic mass is 79.9. The molecule has 0 aliphatic rings. The molecule has 0 bridgehead atoms. The van der Waals surface area contributed by atoms with Crippen LogP contribution in [0.4, 0.5) is 4.39 Å². The van der Waals surface area contributed by atoms with E-state index in [1.165, 1.54) is 6.07 Å². The molecule has 2 nitrogen and oxygen atoms in total. The van der Waals surface area contributed by atoms with Crippen molar-refractivity contribution in [2.75, 3.05) is 0 Å². The van der Waals surface area contributed by atoms with Crippen molar-refractivity contribution in [3.63, 3.8) is 0 Å². The van der Waals surface area contributed by atoms with Gasteiger partial charge in [0.2, 0.25) is 0 Å². The van der Waals surface area contributed by atoms with E-state index in [0.29, 0.717) is 13.1 Å². The SMILES string of the molecule is CC(C)(C)c1nc(CNCc2cc(F)ccc2Br)cs1. The first kappa shape index (κ1) is 15.6. The molecule has 108 valence electrons. The molecule has 2 aromatic rings. The van der Waals surface area contributed by atoms with E-state index in [4.69, 9.17) is 0 Å². The molecule has 20 heavy (non-hydrogen) atoms. The number of halogens is 2. The van der Waals surface area contributed by atoms with E-state index >= 15 is 0 Å². The normalized spacial score (nSPS) is 11.8. The fraction of sp³-hybridized carbons (Fsp3) is 0.400. The van der Waals surface area contributed by atoms with Crippen LogP contribution in [0.25, 0.3) is 0 Å². The Balaban J connectivity index is 1.93. The molecule has 0 unspecified atom stereocenters. The van der Waals surface area contributed by atoms with Crippen molar-refractivity contribution in [2.45, 2.75) is 39.3 Å². The van der Waals surface area contributed by atoms with E-state index in [9.17, 15) is 4.39 Å². The van der Waals surface area contributed by atoms with Gasteiger partial charge in [0, 0.05) is 28.4 Å². The first-order valence-corrected chi connectivity index (χ1v) is 8.13. The lowest BCUT2D eigenvalue weighted by atomic mass is 9.98. The van der Waals surface area contributed by atoms with E-state index in [1.807, 2.05) is 0 Å². The highest BCUT2D eigenvalue weighted by Crippen LogP contribution is 2.25. The minimum atomic E-state index is -0.214. The van der Waals surface area contributed by atoms with Gasteiger partial charge < -0.3 is 5.32 Å². The van der Waals surface area contributed by atoms with Crippen molar-refractivity contribution in [2.24, 2.45) is 0 Å². The van der Waals surface area contributed by atoms with Gasteiger partial charge in [-0.1, -0.05) is 36.7 Å². The molecule has 0 spiro atoms. The molecule has 0 atom stereocenters. The molecule has 1 aromatic heterocycles. The Labute approximate surface area is 131 Å². The van der Waals surface area contributed by atoms with Crippen LogP contribution < -0.4 is 5.32 Å². The van der Waals surface area contributed by atoms with Crippen LogP contribution in [0.3, 0.4) is 0 Å². The minimum absolute atomic E-state index is 0.0918. The fourth-order valence-corrected chi connectivity index (χ4v) is 3.03. The first-order valence-electron chi connectivity index (χ1n) is 6.46. The summed E-state index contributed by atoms with van der Waals surface area (Å²) in [6.07, 6.45) is 0. The molecule has 0 radical (unpaired) electrons. The van der Waals surface area contributed by atoms with Gasteiger partial charge in [-0.25, -0.2) is 9.37 Å². The molecule has 5 heteroatoms. The summed E-state index contributed by atoms with van der Waals surface area (Å²) in [6.45, 7) is 7.78. The van der Waals surface area contributed by atoms with Crippen molar-refractivity contribution < 1.29 is 4.39 Å². The molecule has 0 saturated carbocycles. The maximum Gasteiger partial charge on any atom is 0.123 e. The van der Waals surface area contributed by atoms with E-state index < -0.39 is 0 Å². The van der Waals surface area contributed by atoms with Gasteiger partial charge in [0.15, 0.2) is 0 Å². The third-order valence-corrected chi connectivity index (χ3v) is 4.91. The summed E-state index contributed by atoms with van der Waals surface area (Å²) < 4.78 is 14.1. The zero-order chi connectivity index (χ0) is 14.8. The van der Waals surface area contributed by atoms with E-state index in [1.54, 1.807) is 23.5 Å². The highest BCUT2D eigenvalue weighted by Gasteiger charge is 2.17. The Morgan fingerprint density at radius 2 is 2.05 bits per heavy atom. The standard InChI is InChI=1S/C15H18BrFN2S/c1-15(2,3)14-19-12(9-20-14)8-18-7-10-6-11(17)4-5-13(10)16/h4-6,9,18H,7-8H2,1-3H3. The molecule has 1 aromatic carbocycles. The zero-order valence-electron chi connectivity index (χ0n) is 11.8. The second-order valence-corrected chi connectivity index (χ2v) is 7.45. The monoisotopic (exact) mass is 356 g/mol. The molecule has 1 heterocycles. The number of nitrogens with one attached hydrogen (secondary N) is 1. The lowest BCUT2D eigenvalue weighted by Gasteiger charge is -2.13. The Morgan fingerprint density at radius 1 is 1.30 bits per heavy atom. The van der Waals surface area contributed by atoms with Crippen molar-refractivity contribution in [1.82, 2.24) is 10.3 Å². The summed E-state index contributed by atoms with van der Waals surface area (Å²) in [6, 6.07) is 4.72. The molecule has 1 N–H and O–H groups in total. The molecule has 0 saturated heterocycles. The van der Waals surface area contributed by atoms with E-state index in [2.05, 4.69) is 52.4 Å². The average molecular weight is 357 g/mol. The number of rotatable bonds is 4. The van der Waals surface area contributed by atoms with Crippen LogP contribution in [-0.4, -0.2) is 4.98 Å². The van der Waals surface area contributed by atoms with Crippen LogP contribution in [0.15, 0.2) is 28.1 Å². The topological polar surface area (TPSA) is 24.9 Å². The summed E-state index contributed by atoms with van der Waals surface area (Å²) in [4.78, 5) is 4.62. The Hall–Kier alpha value is -0.780. The maximum atomic E-state index is 13.2. The number of hydrogen-bond donors (Lipinski definition) is 1. The summed E-state index contributed by atoms with van der Waals surface area (Å²) in [5.74, 6) is -0.214. The largest absolute Gasteiger partial charge is 0.307 e. The van der Waals surface area contributed by atoms with Crippen LogP contribution in [0, 0.1) is 5.82 Å². The van der Waals surface area contributed by atoms with Crippen LogP contribution >= 0.6 is 27.3 Å². The van der Waals surface area contributed by atoms with Crippen molar-refractivity contribution >= 4 is 27.3 Å². The molecule has 0 aliphatic heterocycles. The van der Waals surface area contributed by atoms with Crippen LogP contribution in [0.5, 0.6) is 0 Å². The third kappa shape index (κ3) is 4.11. The second kappa shape index (κ2) is 6.33. The van der Waals surface area contributed by atoms with Crippen LogP contribution in [0.2, 0.25) is 0 Å². The molecule has 0 fully saturated rings. The summed E-state index contributed by atoms with van der Waals surface area (Å²) in [7, 11) is 0. The lowest BCUT2D eigenvalue weighted by Crippen LogP contribution is -2.15. The highest BCUT2D eigenvalue weighted by molar-refractivity contribution is 9.10. The predicted molar refractivity (Wildman–Crippen MR) is 85.5 cm³/mol. The number of thiazole rings is 1. The van der Waals surface area contributed by atoms with Gasteiger partial charge in [0.05, 0.1) is 10.7 Å². The molecule has 0 aliphatic carbocycles. The number of nitrogens with zero attached hydrogens (tertiary/aromatic N) is 1. The number of aromatic nitrogens is 1. The number of hydrogen-bond acceptors (Lipinski definition) is 3. The molecule has 0 amide bonds. The Kier molecular flexibility index (Phi) is 4.94. The van der Waals surface area contributed by atoms with Gasteiger partial charge in [-0.15, -0.1) is 11.3 Å². The summed E-state index contributed by atoms with van der Waals surface area (Å²) in [5.41, 5.74) is 2.04.